The van der Waals surface area contributed by atoms with Gasteiger partial charge in [0.15, 0.2) is 15.1 Å². The molecule has 100 valence electrons. The number of esters is 1. The van der Waals surface area contributed by atoms with Crippen LogP contribution in [0.5, 0.6) is 0 Å². The molecule has 0 saturated carbocycles. The van der Waals surface area contributed by atoms with Gasteiger partial charge in [0.1, 0.15) is 16.5 Å². The van der Waals surface area contributed by atoms with Crippen LogP contribution in [-0.2, 0) is 19.4 Å². The molecule has 1 rings (SSSR count). The second-order valence-electron chi connectivity index (χ2n) is 3.51. The van der Waals surface area contributed by atoms with Crippen molar-refractivity contribution in [1.29, 1.82) is 0 Å². The van der Waals surface area contributed by atoms with E-state index in [0.717, 1.165) is 19.1 Å². The quantitative estimate of drug-likeness (QED) is 0.621. The zero-order chi connectivity index (χ0) is 13.9. The number of carbonyl (C=O) groups excluding carboxylic acids is 1. The summed E-state index contributed by atoms with van der Waals surface area (Å²) in [5.41, 5.74) is 0. The predicted octanol–water partition coefficient (Wildman–Crippen LogP) is 1.69. The molecule has 4 nitrogen and oxygen atoms in total. The van der Waals surface area contributed by atoms with E-state index in [2.05, 4.69) is 4.74 Å². The highest BCUT2D eigenvalue weighted by Crippen LogP contribution is 2.21. The summed E-state index contributed by atoms with van der Waals surface area (Å²) in [5, 5.41) is -1.54. The molecule has 1 aromatic rings. The fourth-order valence-corrected chi connectivity index (χ4v) is 2.57. The van der Waals surface area contributed by atoms with Crippen molar-refractivity contribution in [2.75, 3.05) is 6.61 Å². The highest BCUT2D eigenvalue weighted by molar-refractivity contribution is 7.92. The van der Waals surface area contributed by atoms with Gasteiger partial charge in [-0.3, -0.25) is 4.79 Å². The predicted molar refractivity (Wildman–Crippen MR) is 59.6 cm³/mol. The molecular formula is C11H12F2O4S. The highest BCUT2D eigenvalue weighted by Gasteiger charge is 2.33. The molecule has 0 amide bonds. The largest absolute Gasteiger partial charge is 0.465 e. The van der Waals surface area contributed by atoms with Gasteiger partial charge in [-0.1, -0.05) is 0 Å². The lowest BCUT2D eigenvalue weighted by Gasteiger charge is -2.12. The molecule has 1 unspecified atom stereocenters. The maximum atomic E-state index is 13.4. The van der Waals surface area contributed by atoms with Crippen molar-refractivity contribution in [2.45, 2.75) is 24.0 Å². The maximum absolute atomic E-state index is 13.4. The Morgan fingerprint density at radius 3 is 2.50 bits per heavy atom. The molecule has 0 radical (unpaired) electrons. The van der Waals surface area contributed by atoms with Crippen molar-refractivity contribution in [1.82, 2.24) is 0 Å². The normalized spacial score (nSPS) is 13.1. The standard InChI is InChI=1S/C11H12F2O4S/c1-3-17-11(14)7(2)18(15,16)10-5-4-8(12)6-9(10)13/h4-7H,3H2,1-2H3. The summed E-state index contributed by atoms with van der Waals surface area (Å²) >= 11 is 0. The van der Waals surface area contributed by atoms with Crippen molar-refractivity contribution in [3.8, 4) is 0 Å². The molecule has 18 heavy (non-hydrogen) atoms. The Morgan fingerprint density at radius 1 is 1.39 bits per heavy atom. The molecule has 1 aromatic carbocycles. The summed E-state index contributed by atoms with van der Waals surface area (Å²) in [7, 11) is -4.22. The van der Waals surface area contributed by atoms with Crippen LogP contribution in [-0.4, -0.2) is 26.2 Å². The van der Waals surface area contributed by atoms with Crippen LogP contribution < -0.4 is 0 Å². The van der Waals surface area contributed by atoms with Gasteiger partial charge in [-0.2, -0.15) is 0 Å². The Balaban J connectivity index is 3.17. The highest BCUT2D eigenvalue weighted by atomic mass is 32.2. The van der Waals surface area contributed by atoms with Gasteiger partial charge >= 0.3 is 5.97 Å². The van der Waals surface area contributed by atoms with Crippen molar-refractivity contribution in [3.05, 3.63) is 29.8 Å². The van der Waals surface area contributed by atoms with E-state index in [1.165, 1.54) is 6.92 Å². The third kappa shape index (κ3) is 2.84. The van der Waals surface area contributed by atoms with Crippen LogP contribution in [0.2, 0.25) is 0 Å². The first-order chi connectivity index (χ1) is 8.30. The summed E-state index contributed by atoms with van der Waals surface area (Å²) in [4.78, 5) is 10.6. The number of halogens is 2. The van der Waals surface area contributed by atoms with Crippen molar-refractivity contribution < 1.29 is 26.7 Å². The maximum Gasteiger partial charge on any atom is 0.324 e. The smallest absolute Gasteiger partial charge is 0.324 e. The lowest BCUT2D eigenvalue weighted by atomic mass is 10.3. The van der Waals surface area contributed by atoms with Crippen LogP contribution in [0.1, 0.15) is 13.8 Å². The van der Waals surface area contributed by atoms with Crippen molar-refractivity contribution >= 4 is 15.8 Å². The van der Waals surface area contributed by atoms with Crippen molar-refractivity contribution in [3.63, 3.8) is 0 Å². The first-order valence-electron chi connectivity index (χ1n) is 5.16. The van der Waals surface area contributed by atoms with E-state index < -0.39 is 37.6 Å². The van der Waals surface area contributed by atoms with Crippen LogP contribution in [0.3, 0.4) is 0 Å². The number of carbonyl (C=O) groups is 1. The number of ether oxygens (including phenoxy) is 1. The van der Waals surface area contributed by atoms with Crippen LogP contribution >= 0.6 is 0 Å². The Labute approximate surface area is 103 Å². The van der Waals surface area contributed by atoms with Crippen LogP contribution in [0.4, 0.5) is 8.78 Å². The average molecular weight is 278 g/mol. The number of sulfone groups is 1. The molecular weight excluding hydrogens is 266 g/mol. The van der Waals surface area contributed by atoms with Gasteiger partial charge in [0.05, 0.1) is 6.61 Å². The van der Waals surface area contributed by atoms with E-state index >= 15 is 0 Å². The van der Waals surface area contributed by atoms with Crippen LogP contribution in [0.25, 0.3) is 0 Å². The van der Waals surface area contributed by atoms with E-state index in [0.29, 0.717) is 6.07 Å². The molecule has 0 aliphatic rings. The van der Waals surface area contributed by atoms with E-state index in [1.807, 2.05) is 0 Å². The van der Waals surface area contributed by atoms with Gasteiger partial charge in [-0.05, 0) is 26.0 Å². The zero-order valence-corrected chi connectivity index (χ0v) is 10.6. The van der Waals surface area contributed by atoms with Gasteiger partial charge in [-0.25, -0.2) is 17.2 Å². The molecule has 0 spiro atoms. The molecule has 0 saturated heterocycles. The molecule has 0 aliphatic heterocycles. The van der Waals surface area contributed by atoms with E-state index in [4.69, 9.17) is 0 Å². The fourth-order valence-electron chi connectivity index (χ4n) is 1.28. The minimum Gasteiger partial charge on any atom is -0.465 e. The van der Waals surface area contributed by atoms with Crippen molar-refractivity contribution in [2.24, 2.45) is 0 Å². The topological polar surface area (TPSA) is 60.4 Å². The number of hydrogen-bond acceptors (Lipinski definition) is 4. The number of hydrogen-bond donors (Lipinski definition) is 0. The molecule has 0 fully saturated rings. The minimum absolute atomic E-state index is 0.0184. The molecule has 7 heteroatoms. The van der Waals surface area contributed by atoms with Crippen LogP contribution in [0.15, 0.2) is 23.1 Å². The lowest BCUT2D eigenvalue weighted by Crippen LogP contribution is -2.29. The molecule has 0 heterocycles. The summed E-state index contributed by atoms with van der Waals surface area (Å²) in [6.45, 7) is 2.64. The zero-order valence-electron chi connectivity index (χ0n) is 9.81. The average Bonchev–Trinajstić information content (AvgIpc) is 2.27. The van der Waals surface area contributed by atoms with E-state index in [9.17, 15) is 22.0 Å². The summed E-state index contributed by atoms with van der Waals surface area (Å²) in [5.74, 6) is -3.09. The molecule has 0 bridgehead atoms. The molecule has 0 N–H and O–H groups in total. The number of rotatable bonds is 4. The summed E-state index contributed by atoms with van der Waals surface area (Å²) in [6.07, 6.45) is 0. The molecule has 0 aliphatic carbocycles. The first-order valence-corrected chi connectivity index (χ1v) is 6.71. The van der Waals surface area contributed by atoms with E-state index in [-0.39, 0.29) is 6.61 Å². The number of benzene rings is 1. The third-order valence-electron chi connectivity index (χ3n) is 2.28. The molecule has 1 atom stereocenters. The van der Waals surface area contributed by atoms with Crippen LogP contribution in [0, 0.1) is 11.6 Å². The summed E-state index contributed by atoms with van der Waals surface area (Å²) < 4.78 is 54.5. The second kappa shape index (κ2) is 5.43. The van der Waals surface area contributed by atoms with Gasteiger partial charge in [-0.15, -0.1) is 0 Å². The van der Waals surface area contributed by atoms with Gasteiger partial charge < -0.3 is 4.74 Å². The third-order valence-corrected chi connectivity index (χ3v) is 4.35. The monoisotopic (exact) mass is 278 g/mol. The second-order valence-corrected chi connectivity index (χ2v) is 5.75. The first kappa shape index (κ1) is 14.6. The summed E-state index contributed by atoms with van der Waals surface area (Å²) in [6, 6.07) is 2.05. The Kier molecular flexibility index (Phi) is 4.39. The Hall–Kier alpha value is -1.50. The Bertz CT molecular complexity index is 554. The fraction of sp³-hybridized carbons (Fsp3) is 0.364. The van der Waals surface area contributed by atoms with Gasteiger partial charge in [0.2, 0.25) is 0 Å². The Morgan fingerprint density at radius 2 is 2.00 bits per heavy atom. The SMILES string of the molecule is CCOC(=O)C(C)S(=O)(=O)c1ccc(F)cc1F. The van der Waals surface area contributed by atoms with E-state index in [1.54, 1.807) is 0 Å². The molecule has 0 aromatic heterocycles. The van der Waals surface area contributed by atoms with Gasteiger partial charge in [0.25, 0.3) is 0 Å². The van der Waals surface area contributed by atoms with Gasteiger partial charge in [0, 0.05) is 6.07 Å². The minimum atomic E-state index is -4.22. The lowest BCUT2D eigenvalue weighted by molar-refractivity contribution is -0.142.